The van der Waals surface area contributed by atoms with Crippen LogP contribution in [0.15, 0.2) is 18.2 Å². The highest BCUT2D eigenvalue weighted by atomic mass is 35.5. The lowest BCUT2D eigenvalue weighted by molar-refractivity contribution is 0.0700. The minimum Gasteiger partial charge on any atom is -0.338 e. The molecule has 3 nitrogen and oxygen atoms in total. The summed E-state index contributed by atoms with van der Waals surface area (Å²) in [5, 5.41) is 0.640. The molecule has 1 saturated carbocycles. The van der Waals surface area contributed by atoms with Crippen molar-refractivity contribution in [3.05, 3.63) is 34.3 Å². The van der Waals surface area contributed by atoms with Gasteiger partial charge in [-0.1, -0.05) is 24.1 Å². The van der Waals surface area contributed by atoms with Gasteiger partial charge in [0.1, 0.15) is 0 Å². The maximum atomic E-state index is 12.5. The van der Waals surface area contributed by atoms with Crippen molar-refractivity contribution >= 4 is 17.5 Å². The van der Waals surface area contributed by atoms with E-state index in [1.807, 2.05) is 31.0 Å². The second kappa shape index (κ2) is 5.93. The first-order chi connectivity index (χ1) is 9.04. The molecule has 1 aromatic carbocycles. The van der Waals surface area contributed by atoms with Crippen LogP contribution in [-0.4, -0.2) is 30.4 Å². The van der Waals surface area contributed by atoms with E-state index in [4.69, 9.17) is 17.3 Å². The monoisotopic (exact) mass is 280 g/mol. The first-order valence-corrected chi connectivity index (χ1v) is 7.15. The van der Waals surface area contributed by atoms with E-state index in [-0.39, 0.29) is 11.9 Å². The summed E-state index contributed by atoms with van der Waals surface area (Å²) in [6, 6.07) is 5.74. The first kappa shape index (κ1) is 14.4. The van der Waals surface area contributed by atoms with Gasteiger partial charge in [-0.2, -0.15) is 0 Å². The summed E-state index contributed by atoms with van der Waals surface area (Å²) in [5.41, 5.74) is 7.43. The number of amides is 1. The Morgan fingerprint density at radius 2 is 2.21 bits per heavy atom. The Kier molecular flexibility index (Phi) is 4.48. The summed E-state index contributed by atoms with van der Waals surface area (Å²) < 4.78 is 0. The van der Waals surface area contributed by atoms with E-state index in [1.165, 1.54) is 0 Å². The Labute approximate surface area is 119 Å². The van der Waals surface area contributed by atoms with Crippen LogP contribution in [0.4, 0.5) is 0 Å². The molecule has 104 valence electrons. The van der Waals surface area contributed by atoms with Crippen molar-refractivity contribution in [2.24, 2.45) is 11.7 Å². The smallest absolute Gasteiger partial charge is 0.253 e. The lowest BCUT2D eigenvalue weighted by Gasteiger charge is -2.29. The minimum atomic E-state index is 0.0345. The third-order valence-electron chi connectivity index (χ3n) is 4.16. The Bertz CT molecular complexity index is 475. The molecule has 0 radical (unpaired) electrons. The largest absolute Gasteiger partial charge is 0.338 e. The molecule has 4 heteroatoms. The number of nitrogens with zero attached hydrogens (tertiary/aromatic N) is 1. The van der Waals surface area contributed by atoms with Crippen LogP contribution < -0.4 is 5.73 Å². The van der Waals surface area contributed by atoms with Crippen LogP contribution in [0.1, 0.15) is 35.2 Å². The lowest BCUT2D eigenvalue weighted by Crippen LogP contribution is -2.41. The fourth-order valence-corrected chi connectivity index (χ4v) is 3.06. The molecule has 1 aliphatic carbocycles. The van der Waals surface area contributed by atoms with Gasteiger partial charge in [0, 0.05) is 23.7 Å². The van der Waals surface area contributed by atoms with E-state index in [0.29, 0.717) is 23.0 Å². The fraction of sp³-hybridized carbons (Fsp3) is 0.533. The number of hydrogen-bond donors (Lipinski definition) is 1. The summed E-state index contributed by atoms with van der Waals surface area (Å²) >= 11 is 6.09. The lowest BCUT2D eigenvalue weighted by atomic mass is 10.0. The highest BCUT2D eigenvalue weighted by Crippen LogP contribution is 2.29. The maximum absolute atomic E-state index is 12.5. The molecule has 1 aliphatic rings. The first-order valence-electron chi connectivity index (χ1n) is 6.78. The van der Waals surface area contributed by atoms with E-state index in [9.17, 15) is 4.79 Å². The van der Waals surface area contributed by atoms with Crippen LogP contribution >= 0.6 is 11.6 Å². The summed E-state index contributed by atoms with van der Waals surface area (Å²) in [5.74, 6) is 0.460. The number of carbonyl (C=O) groups excluding carboxylic acids is 1. The number of benzene rings is 1. The van der Waals surface area contributed by atoms with Crippen LogP contribution in [0, 0.1) is 12.8 Å². The van der Waals surface area contributed by atoms with Crippen LogP contribution in [0.3, 0.4) is 0 Å². The van der Waals surface area contributed by atoms with Crippen LogP contribution in [-0.2, 0) is 0 Å². The molecular weight excluding hydrogens is 260 g/mol. The van der Waals surface area contributed by atoms with Crippen LogP contribution in [0.5, 0.6) is 0 Å². The van der Waals surface area contributed by atoms with Crippen molar-refractivity contribution < 1.29 is 4.79 Å². The third kappa shape index (κ3) is 2.93. The topological polar surface area (TPSA) is 46.3 Å². The Morgan fingerprint density at radius 1 is 1.47 bits per heavy atom. The molecule has 2 atom stereocenters. The number of carbonyl (C=O) groups is 1. The van der Waals surface area contributed by atoms with Gasteiger partial charge in [0.05, 0.1) is 0 Å². The van der Waals surface area contributed by atoms with Crippen LogP contribution in [0.25, 0.3) is 0 Å². The molecule has 0 spiro atoms. The zero-order valence-corrected chi connectivity index (χ0v) is 12.3. The molecule has 0 aliphatic heterocycles. The van der Waals surface area contributed by atoms with E-state index >= 15 is 0 Å². The third-order valence-corrected chi connectivity index (χ3v) is 4.57. The zero-order valence-electron chi connectivity index (χ0n) is 11.5. The average molecular weight is 281 g/mol. The molecule has 19 heavy (non-hydrogen) atoms. The van der Waals surface area contributed by atoms with Crippen molar-refractivity contribution in [3.8, 4) is 0 Å². The molecule has 0 heterocycles. The quantitative estimate of drug-likeness (QED) is 0.925. The number of hydrogen-bond acceptors (Lipinski definition) is 2. The highest BCUT2D eigenvalue weighted by molar-refractivity contribution is 6.31. The Balaban J connectivity index is 2.16. The molecule has 1 aromatic rings. The van der Waals surface area contributed by atoms with Gasteiger partial charge < -0.3 is 10.6 Å². The Hall–Kier alpha value is -1.06. The van der Waals surface area contributed by atoms with Crippen molar-refractivity contribution in [2.75, 3.05) is 13.6 Å². The van der Waals surface area contributed by atoms with E-state index < -0.39 is 0 Å². The molecule has 2 rings (SSSR count). The summed E-state index contributed by atoms with van der Waals surface area (Å²) in [4.78, 5) is 14.3. The molecule has 2 N–H and O–H groups in total. The summed E-state index contributed by atoms with van der Waals surface area (Å²) in [6.07, 6.45) is 3.32. The van der Waals surface area contributed by atoms with Crippen molar-refractivity contribution in [1.29, 1.82) is 0 Å². The number of aryl methyl sites for hydroxylation is 1. The van der Waals surface area contributed by atoms with Gasteiger partial charge in [-0.25, -0.2) is 0 Å². The van der Waals surface area contributed by atoms with Gasteiger partial charge in [-0.05, 0) is 49.9 Å². The Morgan fingerprint density at radius 3 is 2.84 bits per heavy atom. The van der Waals surface area contributed by atoms with E-state index in [2.05, 4.69) is 0 Å². The fourth-order valence-electron chi connectivity index (χ4n) is 2.88. The number of halogens is 1. The molecule has 0 saturated heterocycles. The van der Waals surface area contributed by atoms with E-state index in [1.54, 1.807) is 6.07 Å². The van der Waals surface area contributed by atoms with Gasteiger partial charge in [0.25, 0.3) is 5.91 Å². The second-order valence-electron chi connectivity index (χ2n) is 5.37. The van der Waals surface area contributed by atoms with Crippen molar-refractivity contribution in [2.45, 2.75) is 32.2 Å². The molecule has 0 bridgehead atoms. The zero-order chi connectivity index (χ0) is 14.0. The van der Waals surface area contributed by atoms with E-state index in [0.717, 1.165) is 24.8 Å². The SMILES string of the molecule is Cc1ccc(C(=O)N(C)C2CCCC2CN)cc1Cl. The second-order valence-corrected chi connectivity index (χ2v) is 5.78. The summed E-state index contributed by atoms with van der Waals surface area (Å²) in [7, 11) is 1.87. The minimum absolute atomic E-state index is 0.0345. The predicted octanol–water partition coefficient (Wildman–Crippen LogP) is 2.85. The molecule has 0 aromatic heterocycles. The van der Waals surface area contributed by atoms with Gasteiger partial charge in [-0.15, -0.1) is 0 Å². The molecule has 1 amide bonds. The van der Waals surface area contributed by atoms with Crippen molar-refractivity contribution in [1.82, 2.24) is 4.90 Å². The van der Waals surface area contributed by atoms with Gasteiger partial charge in [0.15, 0.2) is 0 Å². The van der Waals surface area contributed by atoms with Gasteiger partial charge >= 0.3 is 0 Å². The number of rotatable bonds is 3. The summed E-state index contributed by atoms with van der Waals surface area (Å²) in [6.45, 7) is 2.58. The average Bonchev–Trinajstić information content (AvgIpc) is 2.88. The van der Waals surface area contributed by atoms with Crippen molar-refractivity contribution in [3.63, 3.8) is 0 Å². The number of nitrogens with two attached hydrogens (primary N) is 1. The predicted molar refractivity (Wildman–Crippen MR) is 78.5 cm³/mol. The van der Waals surface area contributed by atoms with Crippen LogP contribution in [0.2, 0.25) is 5.02 Å². The highest BCUT2D eigenvalue weighted by Gasteiger charge is 2.32. The molecule has 1 fully saturated rings. The van der Waals surface area contributed by atoms with Gasteiger partial charge in [0.2, 0.25) is 0 Å². The standard InChI is InChI=1S/C15H21ClN2O/c1-10-6-7-11(8-13(10)16)15(19)18(2)14-5-3-4-12(14)9-17/h6-8,12,14H,3-5,9,17H2,1-2H3. The van der Waals surface area contributed by atoms with Gasteiger partial charge in [-0.3, -0.25) is 4.79 Å². The maximum Gasteiger partial charge on any atom is 0.253 e. The molecular formula is C15H21ClN2O. The molecule has 2 unspecified atom stereocenters. The normalized spacial score (nSPS) is 22.5.